The van der Waals surface area contributed by atoms with Gasteiger partial charge in [-0.3, -0.25) is 9.59 Å². The van der Waals surface area contributed by atoms with Crippen LogP contribution in [0.5, 0.6) is 0 Å². The first-order valence-electron chi connectivity index (χ1n) is 7.59. The molecule has 0 bridgehead atoms. The summed E-state index contributed by atoms with van der Waals surface area (Å²) in [5, 5.41) is 5.73. The Hall–Kier alpha value is -2.64. The van der Waals surface area contributed by atoms with Crippen molar-refractivity contribution in [2.45, 2.75) is 31.7 Å². The van der Waals surface area contributed by atoms with E-state index >= 15 is 0 Å². The molecule has 2 heterocycles. The summed E-state index contributed by atoms with van der Waals surface area (Å²) >= 11 is 0. The van der Waals surface area contributed by atoms with E-state index in [9.17, 15) is 9.59 Å². The van der Waals surface area contributed by atoms with Gasteiger partial charge in [-0.05, 0) is 18.8 Å². The number of hydrogen-bond acceptors (Lipinski definition) is 6. The molecule has 1 aliphatic rings. The van der Waals surface area contributed by atoms with E-state index in [0.29, 0.717) is 12.5 Å². The van der Waals surface area contributed by atoms with Gasteiger partial charge >= 0.3 is 0 Å². The summed E-state index contributed by atoms with van der Waals surface area (Å²) in [6, 6.07) is -0.155. The monoisotopic (exact) mass is 318 g/mol. The Balaban J connectivity index is 1.61. The molecule has 1 saturated carbocycles. The van der Waals surface area contributed by atoms with Crippen molar-refractivity contribution in [2.24, 2.45) is 5.92 Å². The molecule has 2 amide bonds. The second-order valence-electron chi connectivity index (χ2n) is 5.58. The van der Waals surface area contributed by atoms with Gasteiger partial charge in [-0.1, -0.05) is 12.8 Å². The van der Waals surface area contributed by atoms with Gasteiger partial charge in [0.1, 0.15) is 12.5 Å². The zero-order chi connectivity index (χ0) is 16.1. The fraction of sp³-hybridized carbons (Fsp3) is 0.467. The summed E-state index contributed by atoms with van der Waals surface area (Å²) < 4.78 is 9.62. The number of nitrogens with zero attached hydrogens (tertiary/aromatic N) is 2. The minimum Gasteiger partial charge on any atom is -0.451 e. The lowest BCUT2D eigenvalue weighted by atomic mass is 9.97. The molecular formula is C15H18N4O4. The summed E-state index contributed by atoms with van der Waals surface area (Å²) in [6.45, 7) is 0.333. The minimum atomic E-state index is -0.322. The molecule has 0 aromatic carbocycles. The van der Waals surface area contributed by atoms with Crippen molar-refractivity contribution < 1.29 is 18.4 Å². The van der Waals surface area contributed by atoms with Gasteiger partial charge in [-0.15, -0.1) is 0 Å². The molecule has 3 rings (SSSR count). The maximum absolute atomic E-state index is 12.2. The molecule has 0 radical (unpaired) electrons. The lowest BCUT2D eigenvalue weighted by molar-refractivity contribution is 0.0887. The summed E-state index contributed by atoms with van der Waals surface area (Å²) in [5.41, 5.74) is 0.453. The van der Waals surface area contributed by atoms with E-state index in [0.717, 1.165) is 25.7 Å². The fourth-order valence-electron chi connectivity index (χ4n) is 2.88. The Kier molecular flexibility index (Phi) is 4.70. The molecule has 23 heavy (non-hydrogen) atoms. The van der Waals surface area contributed by atoms with E-state index in [1.165, 1.54) is 25.3 Å². The van der Waals surface area contributed by atoms with E-state index in [-0.39, 0.29) is 29.2 Å². The molecule has 1 fully saturated rings. The van der Waals surface area contributed by atoms with E-state index in [2.05, 4.69) is 20.6 Å². The number of nitrogens with one attached hydrogen (secondary N) is 2. The van der Waals surface area contributed by atoms with Crippen LogP contribution in [0.3, 0.4) is 0 Å². The average Bonchev–Trinajstić information content (AvgIpc) is 3.33. The van der Waals surface area contributed by atoms with Crippen molar-refractivity contribution in [3.8, 4) is 0 Å². The molecule has 8 nitrogen and oxygen atoms in total. The number of hydrogen-bond donors (Lipinski definition) is 2. The number of oxazole rings is 2. The van der Waals surface area contributed by atoms with Gasteiger partial charge in [0.05, 0.1) is 0 Å². The third kappa shape index (κ3) is 3.77. The van der Waals surface area contributed by atoms with Gasteiger partial charge in [0, 0.05) is 12.6 Å². The summed E-state index contributed by atoms with van der Waals surface area (Å²) in [5.74, 6) is -0.285. The molecule has 2 aromatic rings. The Morgan fingerprint density at radius 1 is 1.09 bits per heavy atom. The Morgan fingerprint density at radius 3 is 2.26 bits per heavy atom. The second kappa shape index (κ2) is 7.08. The van der Waals surface area contributed by atoms with Crippen LogP contribution < -0.4 is 10.6 Å². The van der Waals surface area contributed by atoms with E-state index < -0.39 is 0 Å². The van der Waals surface area contributed by atoms with Crippen LogP contribution >= 0.6 is 0 Å². The number of carbonyl (C=O) groups excluding carboxylic acids is 2. The Morgan fingerprint density at radius 2 is 1.70 bits per heavy atom. The molecule has 0 aliphatic heterocycles. The molecule has 0 saturated heterocycles. The van der Waals surface area contributed by atoms with Crippen molar-refractivity contribution in [1.29, 1.82) is 0 Å². The first-order chi connectivity index (χ1) is 11.2. The van der Waals surface area contributed by atoms with Crippen LogP contribution in [-0.4, -0.2) is 34.4 Å². The van der Waals surface area contributed by atoms with Crippen molar-refractivity contribution in [3.05, 3.63) is 36.7 Å². The zero-order valence-electron chi connectivity index (χ0n) is 12.5. The van der Waals surface area contributed by atoms with Gasteiger partial charge < -0.3 is 19.5 Å². The van der Waals surface area contributed by atoms with Crippen molar-refractivity contribution >= 4 is 11.8 Å². The minimum absolute atomic E-state index is 0.155. The highest BCUT2D eigenvalue weighted by atomic mass is 16.3. The SMILES string of the molecule is O=C(NCC(NC(=O)c1cocn1)C1CCCC1)c1cocn1. The van der Waals surface area contributed by atoms with Crippen molar-refractivity contribution in [2.75, 3.05) is 6.54 Å². The van der Waals surface area contributed by atoms with Crippen LogP contribution in [0.15, 0.2) is 34.1 Å². The van der Waals surface area contributed by atoms with Crippen LogP contribution in [0.1, 0.15) is 46.7 Å². The highest BCUT2D eigenvalue weighted by Crippen LogP contribution is 2.27. The second-order valence-corrected chi connectivity index (χ2v) is 5.58. The average molecular weight is 318 g/mol. The van der Waals surface area contributed by atoms with E-state index in [1.54, 1.807) is 0 Å². The van der Waals surface area contributed by atoms with Crippen LogP contribution in [0.4, 0.5) is 0 Å². The third-order valence-corrected chi connectivity index (χ3v) is 4.10. The molecule has 2 aromatic heterocycles. The lowest BCUT2D eigenvalue weighted by Crippen LogP contribution is -2.47. The molecule has 8 heteroatoms. The van der Waals surface area contributed by atoms with Gasteiger partial charge in [0.15, 0.2) is 24.2 Å². The van der Waals surface area contributed by atoms with Gasteiger partial charge in [0.25, 0.3) is 11.8 Å². The van der Waals surface area contributed by atoms with Crippen LogP contribution in [-0.2, 0) is 0 Å². The van der Waals surface area contributed by atoms with Gasteiger partial charge in [0.2, 0.25) is 0 Å². The molecule has 122 valence electrons. The van der Waals surface area contributed by atoms with Crippen LogP contribution in [0.2, 0.25) is 0 Å². The summed E-state index contributed by atoms with van der Waals surface area (Å²) in [4.78, 5) is 31.8. The largest absolute Gasteiger partial charge is 0.451 e. The third-order valence-electron chi connectivity index (χ3n) is 4.10. The maximum Gasteiger partial charge on any atom is 0.273 e. The highest BCUT2D eigenvalue weighted by Gasteiger charge is 2.28. The van der Waals surface area contributed by atoms with Crippen LogP contribution in [0, 0.1) is 5.92 Å². The van der Waals surface area contributed by atoms with Crippen molar-refractivity contribution in [1.82, 2.24) is 20.6 Å². The molecule has 1 unspecified atom stereocenters. The number of rotatable bonds is 6. The topological polar surface area (TPSA) is 110 Å². The first kappa shape index (κ1) is 15.3. The number of aromatic nitrogens is 2. The summed E-state index contributed by atoms with van der Waals surface area (Å²) in [6.07, 6.45) is 9.34. The maximum atomic E-state index is 12.2. The number of carbonyl (C=O) groups is 2. The highest BCUT2D eigenvalue weighted by molar-refractivity contribution is 5.93. The van der Waals surface area contributed by atoms with E-state index in [4.69, 9.17) is 8.83 Å². The fourth-order valence-corrected chi connectivity index (χ4v) is 2.88. The molecule has 1 atom stereocenters. The summed E-state index contributed by atoms with van der Waals surface area (Å²) in [7, 11) is 0. The normalized spacial score (nSPS) is 16.2. The smallest absolute Gasteiger partial charge is 0.273 e. The molecular weight excluding hydrogens is 300 g/mol. The first-order valence-corrected chi connectivity index (χ1v) is 7.59. The predicted molar refractivity (Wildman–Crippen MR) is 78.6 cm³/mol. The predicted octanol–water partition coefficient (Wildman–Crippen LogP) is 1.38. The lowest BCUT2D eigenvalue weighted by Gasteiger charge is -2.24. The Bertz CT molecular complexity index is 633. The molecule has 0 spiro atoms. The number of amides is 2. The van der Waals surface area contributed by atoms with Gasteiger partial charge in [-0.25, -0.2) is 9.97 Å². The van der Waals surface area contributed by atoms with E-state index in [1.807, 2.05) is 0 Å². The van der Waals surface area contributed by atoms with Crippen molar-refractivity contribution in [3.63, 3.8) is 0 Å². The zero-order valence-corrected chi connectivity index (χ0v) is 12.5. The Labute approximate surface area is 132 Å². The quantitative estimate of drug-likeness (QED) is 0.832. The molecule has 1 aliphatic carbocycles. The van der Waals surface area contributed by atoms with Gasteiger partial charge in [-0.2, -0.15) is 0 Å². The van der Waals surface area contributed by atoms with Crippen LogP contribution in [0.25, 0.3) is 0 Å². The standard InChI is InChI=1S/C15H18N4O4/c20-14(12-6-22-8-17-12)16-5-11(10-3-1-2-4-10)19-15(21)13-7-23-9-18-13/h6-11H,1-5H2,(H,16,20)(H,19,21). The molecule has 2 N–H and O–H groups in total.